The molecule has 0 aromatic rings. The van der Waals surface area contributed by atoms with Gasteiger partial charge in [-0.1, -0.05) is 0 Å². The van der Waals surface area contributed by atoms with E-state index in [1.165, 1.54) is 0 Å². The SMILES string of the molecule is COCCN1CCN2CCOCCOCCN(CCOCCOCC2)CC1. The molecule has 2 heterocycles. The Kier molecular flexibility index (Phi) is 13.3. The molecule has 2 fully saturated rings. The summed E-state index contributed by atoms with van der Waals surface area (Å²) in [5.41, 5.74) is 0. The summed E-state index contributed by atoms with van der Waals surface area (Å²) in [6, 6.07) is 0. The molecule has 0 spiro atoms. The van der Waals surface area contributed by atoms with Gasteiger partial charge in [-0.25, -0.2) is 0 Å². The van der Waals surface area contributed by atoms with Crippen LogP contribution in [0.3, 0.4) is 0 Å². The van der Waals surface area contributed by atoms with Gasteiger partial charge in [0.1, 0.15) is 0 Å². The van der Waals surface area contributed by atoms with E-state index >= 15 is 0 Å². The molecule has 0 saturated carbocycles. The maximum Gasteiger partial charge on any atom is 0.0701 e. The first-order valence-electron chi connectivity index (χ1n) is 10.4. The van der Waals surface area contributed by atoms with Crippen LogP contribution >= 0.6 is 0 Å². The largest absolute Gasteiger partial charge is 0.383 e. The monoisotopic (exact) mass is 389 g/mol. The molecular weight excluding hydrogens is 350 g/mol. The molecule has 0 amide bonds. The van der Waals surface area contributed by atoms with E-state index in [2.05, 4.69) is 14.7 Å². The zero-order chi connectivity index (χ0) is 19.0. The van der Waals surface area contributed by atoms with Gasteiger partial charge in [0.15, 0.2) is 0 Å². The summed E-state index contributed by atoms with van der Waals surface area (Å²) in [6.07, 6.45) is 0. The van der Waals surface area contributed by atoms with Crippen LogP contribution in [0, 0.1) is 0 Å². The molecule has 0 N–H and O–H groups in total. The molecule has 8 heteroatoms. The van der Waals surface area contributed by atoms with Crippen LogP contribution in [0.2, 0.25) is 0 Å². The minimum absolute atomic E-state index is 0.660. The number of hydrogen-bond donors (Lipinski definition) is 0. The van der Waals surface area contributed by atoms with Crippen LogP contribution in [0.5, 0.6) is 0 Å². The standard InChI is InChI=1S/C19H39N3O5/c1-23-11-6-20-2-4-21-7-12-24-16-18-26-14-9-22(5-3-20)10-15-27-19-17-25-13-8-21/h2-19H2,1H3. The van der Waals surface area contributed by atoms with E-state index in [0.29, 0.717) is 26.4 Å². The van der Waals surface area contributed by atoms with Crippen molar-refractivity contribution in [1.29, 1.82) is 0 Å². The molecule has 0 aromatic heterocycles. The highest BCUT2D eigenvalue weighted by atomic mass is 16.5. The van der Waals surface area contributed by atoms with Crippen molar-refractivity contribution in [2.45, 2.75) is 0 Å². The fourth-order valence-corrected chi connectivity index (χ4v) is 3.21. The van der Waals surface area contributed by atoms with Gasteiger partial charge in [-0.05, 0) is 0 Å². The Hall–Kier alpha value is -0.320. The molecule has 0 unspecified atom stereocenters. The van der Waals surface area contributed by atoms with Crippen molar-refractivity contribution in [1.82, 2.24) is 14.7 Å². The third kappa shape index (κ3) is 11.3. The summed E-state index contributed by atoms with van der Waals surface area (Å²) in [6.45, 7) is 15.1. The molecule has 2 aliphatic rings. The van der Waals surface area contributed by atoms with Crippen molar-refractivity contribution in [3.05, 3.63) is 0 Å². The minimum atomic E-state index is 0.660. The van der Waals surface area contributed by atoms with Gasteiger partial charge >= 0.3 is 0 Å². The van der Waals surface area contributed by atoms with Crippen molar-refractivity contribution < 1.29 is 23.7 Å². The Morgan fingerprint density at radius 3 is 1.33 bits per heavy atom. The fourth-order valence-electron chi connectivity index (χ4n) is 3.21. The third-order valence-electron chi connectivity index (χ3n) is 5.03. The lowest BCUT2D eigenvalue weighted by atomic mass is 10.3. The van der Waals surface area contributed by atoms with E-state index in [1.807, 2.05) is 0 Å². The second-order valence-electron chi connectivity index (χ2n) is 6.97. The highest BCUT2D eigenvalue weighted by Crippen LogP contribution is 1.99. The lowest BCUT2D eigenvalue weighted by Gasteiger charge is -2.29. The number of nitrogens with zero attached hydrogens (tertiary/aromatic N) is 3. The Labute approximate surface area is 164 Å². The second-order valence-corrected chi connectivity index (χ2v) is 6.97. The maximum absolute atomic E-state index is 5.75. The van der Waals surface area contributed by atoms with Crippen LogP contribution in [0.25, 0.3) is 0 Å². The fraction of sp³-hybridized carbons (Fsp3) is 1.00. The summed E-state index contributed by atoms with van der Waals surface area (Å²) in [5, 5.41) is 0. The molecule has 0 aliphatic carbocycles. The number of methoxy groups -OCH3 is 1. The van der Waals surface area contributed by atoms with Crippen molar-refractivity contribution >= 4 is 0 Å². The quantitative estimate of drug-likeness (QED) is 0.607. The molecule has 2 aliphatic heterocycles. The maximum atomic E-state index is 5.75. The summed E-state index contributed by atoms with van der Waals surface area (Å²) >= 11 is 0. The average Bonchev–Trinajstić information content (AvgIpc) is 2.69. The van der Waals surface area contributed by atoms with Crippen LogP contribution in [0.1, 0.15) is 0 Å². The molecule has 8 nitrogen and oxygen atoms in total. The molecule has 27 heavy (non-hydrogen) atoms. The van der Waals surface area contributed by atoms with Crippen molar-refractivity contribution in [3.8, 4) is 0 Å². The lowest BCUT2D eigenvalue weighted by molar-refractivity contribution is 0.00977. The summed E-state index contributed by atoms with van der Waals surface area (Å²) in [4.78, 5) is 7.35. The highest BCUT2D eigenvalue weighted by molar-refractivity contribution is 4.68. The van der Waals surface area contributed by atoms with E-state index in [0.717, 1.165) is 91.9 Å². The first kappa shape index (κ1) is 23.0. The molecular formula is C19H39N3O5. The Balaban J connectivity index is 2.00. The van der Waals surface area contributed by atoms with Gasteiger partial charge in [0.05, 0.1) is 59.5 Å². The van der Waals surface area contributed by atoms with E-state index in [9.17, 15) is 0 Å². The van der Waals surface area contributed by atoms with Crippen LogP contribution in [-0.2, 0) is 23.7 Å². The average molecular weight is 390 g/mol. The van der Waals surface area contributed by atoms with Gasteiger partial charge in [0.25, 0.3) is 0 Å². The number of ether oxygens (including phenoxy) is 5. The summed E-state index contributed by atoms with van der Waals surface area (Å²) in [7, 11) is 1.77. The molecule has 160 valence electrons. The zero-order valence-corrected chi connectivity index (χ0v) is 17.1. The smallest absolute Gasteiger partial charge is 0.0701 e. The Bertz CT molecular complexity index is 303. The van der Waals surface area contributed by atoms with Crippen LogP contribution in [0.15, 0.2) is 0 Å². The van der Waals surface area contributed by atoms with E-state index in [-0.39, 0.29) is 0 Å². The predicted octanol–water partition coefficient (Wildman–Crippen LogP) is -0.368. The molecule has 2 rings (SSSR count). The first-order valence-corrected chi connectivity index (χ1v) is 10.4. The van der Waals surface area contributed by atoms with Gasteiger partial charge in [0.2, 0.25) is 0 Å². The van der Waals surface area contributed by atoms with Crippen LogP contribution < -0.4 is 0 Å². The lowest BCUT2D eigenvalue weighted by Crippen LogP contribution is -2.43. The van der Waals surface area contributed by atoms with Gasteiger partial charge in [-0.2, -0.15) is 0 Å². The van der Waals surface area contributed by atoms with Crippen LogP contribution in [0.4, 0.5) is 0 Å². The van der Waals surface area contributed by atoms with Crippen LogP contribution in [-0.4, -0.2) is 140 Å². The normalized spacial score (nSPS) is 29.2. The minimum Gasteiger partial charge on any atom is -0.383 e. The van der Waals surface area contributed by atoms with E-state index in [1.54, 1.807) is 7.11 Å². The van der Waals surface area contributed by atoms with Gasteiger partial charge in [0, 0.05) is 66.0 Å². The van der Waals surface area contributed by atoms with Gasteiger partial charge < -0.3 is 23.7 Å². The molecule has 0 radical (unpaired) electrons. The molecule has 2 bridgehead atoms. The second kappa shape index (κ2) is 15.6. The highest BCUT2D eigenvalue weighted by Gasteiger charge is 2.13. The number of rotatable bonds is 3. The number of hydrogen-bond acceptors (Lipinski definition) is 8. The molecule has 2 saturated heterocycles. The van der Waals surface area contributed by atoms with Gasteiger partial charge in [-0.15, -0.1) is 0 Å². The Morgan fingerprint density at radius 2 is 0.963 bits per heavy atom. The zero-order valence-electron chi connectivity index (χ0n) is 17.1. The topological polar surface area (TPSA) is 55.9 Å². The van der Waals surface area contributed by atoms with Crippen molar-refractivity contribution in [2.75, 3.05) is 125 Å². The Morgan fingerprint density at radius 1 is 0.556 bits per heavy atom. The van der Waals surface area contributed by atoms with E-state index < -0.39 is 0 Å². The van der Waals surface area contributed by atoms with Gasteiger partial charge in [-0.3, -0.25) is 14.7 Å². The summed E-state index contributed by atoms with van der Waals surface area (Å²) < 4.78 is 28.3. The molecule has 0 aromatic carbocycles. The third-order valence-corrected chi connectivity index (χ3v) is 5.03. The van der Waals surface area contributed by atoms with Crippen molar-refractivity contribution in [2.24, 2.45) is 0 Å². The van der Waals surface area contributed by atoms with E-state index in [4.69, 9.17) is 23.7 Å². The molecule has 0 atom stereocenters. The first-order chi connectivity index (χ1) is 13.4. The predicted molar refractivity (Wildman–Crippen MR) is 104 cm³/mol. The van der Waals surface area contributed by atoms with Crippen molar-refractivity contribution in [3.63, 3.8) is 0 Å². The number of fused-ring (bicyclic) bond motifs is 6. The summed E-state index contributed by atoms with van der Waals surface area (Å²) in [5.74, 6) is 0.